The standard InChI is InChI=1S/C26H24Cl2N2O3/c1-4-15(2)17-6-9-24-22(12-17)30-26(33-24)18-5-8-20(28)21(13-18)29-25(31)14-32-23-10-7-19(27)11-16(23)3/h5-13,15H,4,14H2,1-3H3,(H,29,31)/t15-/m0/s1. The van der Waals surface area contributed by atoms with Crippen LogP contribution in [0.3, 0.4) is 0 Å². The van der Waals surface area contributed by atoms with E-state index in [9.17, 15) is 4.79 Å². The van der Waals surface area contributed by atoms with Gasteiger partial charge in [-0.05, 0) is 78.9 Å². The van der Waals surface area contributed by atoms with Crippen molar-refractivity contribution < 1.29 is 13.9 Å². The number of rotatable bonds is 7. The van der Waals surface area contributed by atoms with Crippen molar-refractivity contribution in [1.82, 2.24) is 4.98 Å². The molecule has 1 atom stereocenters. The van der Waals surface area contributed by atoms with Crippen molar-refractivity contribution in [3.8, 4) is 17.2 Å². The van der Waals surface area contributed by atoms with Crippen molar-refractivity contribution in [2.24, 2.45) is 0 Å². The fourth-order valence-corrected chi connectivity index (χ4v) is 3.86. The molecule has 3 aromatic carbocycles. The van der Waals surface area contributed by atoms with E-state index in [1.54, 1.807) is 30.3 Å². The summed E-state index contributed by atoms with van der Waals surface area (Å²) in [6.45, 7) is 6.05. The number of nitrogens with zero attached hydrogens (tertiary/aromatic N) is 1. The Morgan fingerprint density at radius 2 is 1.94 bits per heavy atom. The lowest BCUT2D eigenvalue weighted by Crippen LogP contribution is -2.20. The van der Waals surface area contributed by atoms with E-state index in [0.717, 1.165) is 17.5 Å². The first-order valence-electron chi connectivity index (χ1n) is 10.7. The minimum absolute atomic E-state index is 0.162. The van der Waals surface area contributed by atoms with Crippen LogP contribution in [0.5, 0.6) is 5.75 Å². The molecule has 0 saturated carbocycles. The van der Waals surface area contributed by atoms with Crippen molar-refractivity contribution in [1.29, 1.82) is 0 Å². The van der Waals surface area contributed by atoms with Gasteiger partial charge in [-0.3, -0.25) is 4.79 Å². The molecule has 170 valence electrons. The van der Waals surface area contributed by atoms with Gasteiger partial charge in [-0.15, -0.1) is 0 Å². The Hall–Kier alpha value is -3.02. The van der Waals surface area contributed by atoms with E-state index in [2.05, 4.69) is 36.3 Å². The summed E-state index contributed by atoms with van der Waals surface area (Å²) in [4.78, 5) is 17.1. The van der Waals surface area contributed by atoms with Gasteiger partial charge in [0, 0.05) is 10.6 Å². The number of ether oxygens (including phenoxy) is 1. The fraction of sp³-hybridized carbons (Fsp3) is 0.231. The Balaban J connectivity index is 1.51. The molecule has 0 radical (unpaired) electrons. The third-order valence-corrected chi connectivity index (χ3v) is 6.14. The lowest BCUT2D eigenvalue weighted by molar-refractivity contribution is -0.118. The summed E-state index contributed by atoms with van der Waals surface area (Å²) >= 11 is 12.3. The predicted octanol–water partition coefficient (Wildman–Crippen LogP) is 7.64. The molecule has 0 spiro atoms. The molecule has 1 aromatic heterocycles. The van der Waals surface area contributed by atoms with Crippen molar-refractivity contribution in [2.45, 2.75) is 33.1 Å². The number of halogens is 2. The van der Waals surface area contributed by atoms with Crippen molar-refractivity contribution in [3.05, 3.63) is 75.8 Å². The first-order valence-corrected chi connectivity index (χ1v) is 11.5. The Bertz CT molecular complexity index is 1320. The summed E-state index contributed by atoms with van der Waals surface area (Å²) in [7, 11) is 0. The number of amides is 1. The number of oxazole rings is 1. The average molecular weight is 483 g/mol. The summed E-state index contributed by atoms with van der Waals surface area (Å²) in [6, 6.07) is 16.6. The second-order valence-corrected chi connectivity index (χ2v) is 8.84. The van der Waals surface area contributed by atoms with Gasteiger partial charge in [0.15, 0.2) is 12.2 Å². The molecule has 0 fully saturated rings. The molecule has 0 saturated heterocycles. The molecule has 7 heteroatoms. The number of benzene rings is 3. The first-order chi connectivity index (χ1) is 15.8. The SMILES string of the molecule is CC[C@H](C)c1ccc2oc(-c3ccc(Cl)c(NC(=O)COc4ccc(Cl)cc4C)c3)nc2c1. The molecule has 1 amide bonds. The Kier molecular flexibility index (Phi) is 6.91. The highest BCUT2D eigenvalue weighted by Crippen LogP contribution is 2.32. The number of aryl methyl sites for hydroxylation is 1. The Morgan fingerprint density at radius 1 is 1.12 bits per heavy atom. The van der Waals surface area contributed by atoms with Gasteiger partial charge in [-0.25, -0.2) is 4.98 Å². The summed E-state index contributed by atoms with van der Waals surface area (Å²) in [6.07, 6.45) is 1.05. The van der Waals surface area contributed by atoms with Crippen LogP contribution in [-0.4, -0.2) is 17.5 Å². The van der Waals surface area contributed by atoms with Crippen LogP contribution in [0.15, 0.2) is 59.0 Å². The summed E-state index contributed by atoms with van der Waals surface area (Å²) in [5.41, 5.74) is 4.76. The van der Waals surface area contributed by atoms with E-state index < -0.39 is 0 Å². The van der Waals surface area contributed by atoms with Crippen molar-refractivity contribution in [3.63, 3.8) is 0 Å². The molecule has 4 rings (SSSR count). The molecule has 33 heavy (non-hydrogen) atoms. The highest BCUT2D eigenvalue weighted by atomic mass is 35.5. The molecule has 5 nitrogen and oxygen atoms in total. The second-order valence-electron chi connectivity index (χ2n) is 8.00. The number of anilines is 1. The van der Waals surface area contributed by atoms with Gasteiger partial charge in [0.05, 0.1) is 10.7 Å². The van der Waals surface area contributed by atoms with Crippen molar-refractivity contribution >= 4 is 45.9 Å². The third kappa shape index (κ3) is 5.32. The molecule has 0 aliphatic carbocycles. The maximum atomic E-state index is 12.5. The molecule has 1 heterocycles. The molecular formula is C26H24Cl2N2O3. The lowest BCUT2D eigenvalue weighted by Gasteiger charge is -2.11. The van der Waals surface area contributed by atoms with E-state index in [1.165, 1.54) is 5.56 Å². The maximum Gasteiger partial charge on any atom is 0.262 e. The largest absolute Gasteiger partial charge is 0.483 e. The molecule has 0 aliphatic heterocycles. The Labute approximate surface area is 202 Å². The molecular weight excluding hydrogens is 459 g/mol. The predicted molar refractivity (Wildman–Crippen MR) is 133 cm³/mol. The van der Waals surface area contributed by atoms with Gasteiger partial charge in [0.1, 0.15) is 11.3 Å². The van der Waals surface area contributed by atoms with Gasteiger partial charge >= 0.3 is 0 Å². The third-order valence-electron chi connectivity index (χ3n) is 5.58. The van der Waals surface area contributed by atoms with Crippen LogP contribution in [0.4, 0.5) is 5.69 Å². The molecule has 4 aromatic rings. The average Bonchev–Trinajstić information content (AvgIpc) is 3.23. The number of carbonyl (C=O) groups is 1. The van der Waals surface area contributed by atoms with E-state index in [4.69, 9.17) is 32.4 Å². The van der Waals surface area contributed by atoms with Gasteiger partial charge < -0.3 is 14.5 Å². The zero-order chi connectivity index (χ0) is 23.5. The summed E-state index contributed by atoms with van der Waals surface area (Å²) < 4.78 is 11.6. The molecule has 0 aliphatic rings. The minimum atomic E-state index is -0.334. The molecule has 0 bridgehead atoms. The number of aromatic nitrogens is 1. The maximum absolute atomic E-state index is 12.5. The number of hydrogen-bond acceptors (Lipinski definition) is 4. The molecule has 1 N–H and O–H groups in total. The van der Waals surface area contributed by atoms with E-state index in [1.807, 2.05) is 19.1 Å². The van der Waals surface area contributed by atoms with Gasteiger partial charge in [0.25, 0.3) is 5.91 Å². The van der Waals surface area contributed by atoms with E-state index >= 15 is 0 Å². The smallest absolute Gasteiger partial charge is 0.262 e. The van der Waals surface area contributed by atoms with Gasteiger partial charge in [-0.1, -0.05) is 43.1 Å². The van der Waals surface area contributed by atoms with Crippen molar-refractivity contribution in [2.75, 3.05) is 11.9 Å². The van der Waals surface area contributed by atoms with Crippen LogP contribution < -0.4 is 10.1 Å². The second kappa shape index (κ2) is 9.86. The summed E-state index contributed by atoms with van der Waals surface area (Å²) in [5, 5.41) is 3.82. The zero-order valence-corrected chi connectivity index (χ0v) is 20.1. The van der Waals surface area contributed by atoms with E-state index in [-0.39, 0.29) is 12.5 Å². The lowest BCUT2D eigenvalue weighted by atomic mass is 9.98. The van der Waals surface area contributed by atoms with Gasteiger partial charge in [-0.2, -0.15) is 0 Å². The van der Waals surface area contributed by atoms with Gasteiger partial charge in [0.2, 0.25) is 5.89 Å². The highest BCUT2D eigenvalue weighted by Gasteiger charge is 2.14. The van der Waals surface area contributed by atoms with E-state index in [0.29, 0.717) is 44.4 Å². The monoisotopic (exact) mass is 482 g/mol. The zero-order valence-electron chi connectivity index (χ0n) is 18.6. The van der Waals surface area contributed by atoms with Crippen LogP contribution in [0.2, 0.25) is 10.0 Å². The van der Waals surface area contributed by atoms with Crippen LogP contribution in [0, 0.1) is 6.92 Å². The number of nitrogens with one attached hydrogen (secondary N) is 1. The van der Waals surface area contributed by atoms with Crippen LogP contribution in [-0.2, 0) is 4.79 Å². The van der Waals surface area contributed by atoms with Crippen LogP contribution in [0.1, 0.15) is 37.3 Å². The highest BCUT2D eigenvalue weighted by molar-refractivity contribution is 6.33. The molecule has 0 unspecified atom stereocenters. The van der Waals surface area contributed by atoms with Crippen LogP contribution >= 0.6 is 23.2 Å². The topological polar surface area (TPSA) is 64.4 Å². The Morgan fingerprint density at radius 3 is 2.70 bits per heavy atom. The fourth-order valence-electron chi connectivity index (χ4n) is 3.47. The minimum Gasteiger partial charge on any atom is -0.483 e. The van der Waals surface area contributed by atoms with Crippen LogP contribution in [0.25, 0.3) is 22.6 Å². The number of hydrogen-bond donors (Lipinski definition) is 1. The quantitative estimate of drug-likeness (QED) is 0.293. The summed E-state index contributed by atoms with van der Waals surface area (Å²) in [5.74, 6) is 1.18. The normalized spacial score (nSPS) is 12.0. The number of fused-ring (bicyclic) bond motifs is 1. The first kappa shape index (κ1) is 23.1. The number of carbonyl (C=O) groups excluding carboxylic acids is 1.